The lowest BCUT2D eigenvalue weighted by molar-refractivity contribution is -0.137. The molecule has 0 atom stereocenters. The monoisotopic (exact) mass is 272 g/mol. The van der Waals surface area contributed by atoms with E-state index in [1.165, 1.54) is 21.6 Å². The first-order valence-corrected chi connectivity index (χ1v) is 7.58. The van der Waals surface area contributed by atoms with Crippen LogP contribution < -0.4 is 0 Å². The molecule has 92 valence electrons. The van der Waals surface area contributed by atoms with Gasteiger partial charge in [-0.3, -0.25) is 9.59 Å². The van der Waals surface area contributed by atoms with Gasteiger partial charge in [-0.2, -0.15) is 0 Å². The van der Waals surface area contributed by atoms with Crippen molar-refractivity contribution in [1.29, 1.82) is 0 Å². The molecule has 0 heterocycles. The average Bonchev–Trinajstić information content (AvgIpc) is 2.24. The summed E-state index contributed by atoms with van der Waals surface area (Å²) in [6, 6.07) is 0. The predicted molar refractivity (Wildman–Crippen MR) is 77.2 cm³/mol. The second-order valence-electron chi connectivity index (χ2n) is 2.77. The molecule has 0 aliphatic heterocycles. The minimum atomic E-state index is -0.818. The van der Waals surface area contributed by atoms with Gasteiger partial charge < -0.3 is 10.2 Å². The van der Waals surface area contributed by atoms with Crippen LogP contribution in [0, 0.1) is 0 Å². The summed E-state index contributed by atoms with van der Waals surface area (Å²) in [5, 5.41) is 16.5. The van der Waals surface area contributed by atoms with E-state index in [2.05, 4.69) is 0 Å². The van der Waals surface area contributed by atoms with Gasteiger partial charge in [-0.05, 0) is 0 Å². The van der Waals surface area contributed by atoms with E-state index in [1.54, 1.807) is 7.06 Å². The maximum absolute atomic E-state index is 10.0. The van der Waals surface area contributed by atoms with Crippen LogP contribution >= 0.6 is 21.6 Å². The summed E-state index contributed by atoms with van der Waals surface area (Å²) < 4.78 is 0. The second-order valence-corrected chi connectivity index (χ2v) is 5.47. The van der Waals surface area contributed by atoms with Crippen molar-refractivity contribution in [2.24, 2.45) is 0 Å². The zero-order valence-electron chi connectivity index (χ0n) is 9.80. The van der Waals surface area contributed by atoms with Gasteiger partial charge in [0, 0.05) is 26.3 Å². The molecule has 0 saturated heterocycles. The quantitative estimate of drug-likeness (QED) is 0.372. The van der Waals surface area contributed by atoms with Gasteiger partial charge >= 0.3 is 11.9 Å². The summed E-state index contributed by atoms with van der Waals surface area (Å²) >= 11 is 0. The minimum absolute atomic E-state index is 0.130. The van der Waals surface area contributed by atoms with E-state index >= 15 is 0 Å². The van der Waals surface area contributed by atoms with E-state index in [0.717, 1.165) is 6.32 Å². The zero-order chi connectivity index (χ0) is 13.5. The molecule has 17 heavy (non-hydrogen) atoms. The zero-order valence-corrected chi connectivity index (χ0v) is 11.4. The summed E-state index contributed by atoms with van der Waals surface area (Å²) in [5.41, 5.74) is 0. The van der Waals surface area contributed by atoms with Crippen LogP contribution in [0.1, 0.15) is 19.8 Å². The third kappa shape index (κ3) is 25.8. The Morgan fingerprint density at radius 2 is 1.53 bits per heavy atom. The summed E-state index contributed by atoms with van der Waals surface area (Å²) in [4.78, 5) is 20.0. The Morgan fingerprint density at radius 3 is 1.71 bits per heavy atom. The first-order valence-electron chi connectivity index (χ1n) is 5.09. The molecule has 0 amide bonds. The number of carboxylic acids is 2. The van der Waals surface area contributed by atoms with Crippen LogP contribution in [0.2, 0.25) is 6.32 Å². The van der Waals surface area contributed by atoms with Crippen LogP contribution in [0.15, 0.2) is 0 Å². The lowest BCUT2D eigenvalue weighted by Gasteiger charge is -1.95. The summed E-state index contributed by atoms with van der Waals surface area (Å²) in [6.45, 7) is 2.04. The number of carbonyl (C=O) groups is 2. The van der Waals surface area contributed by atoms with Crippen molar-refractivity contribution in [2.75, 3.05) is 11.5 Å². The lowest BCUT2D eigenvalue weighted by atomic mass is 9.27. The number of carboxylic acid groups (broad SMARTS) is 2. The molecule has 9 heteroatoms. The average molecular weight is 272 g/mol. The second kappa shape index (κ2) is 15.8. The summed E-state index contributed by atoms with van der Waals surface area (Å²) in [5.74, 6) is -0.582. The first-order chi connectivity index (χ1) is 8.04. The van der Waals surface area contributed by atoms with Gasteiger partial charge in [0.05, 0.1) is 20.0 Å². The Bertz CT molecular complexity index is 187. The lowest BCUT2D eigenvalue weighted by Crippen LogP contribution is -1.98. The van der Waals surface area contributed by atoms with E-state index in [9.17, 15) is 9.59 Å². The number of hydrogen-bond acceptors (Lipinski definition) is 4. The van der Waals surface area contributed by atoms with Crippen LogP contribution in [0.3, 0.4) is 0 Å². The van der Waals surface area contributed by atoms with Crippen molar-refractivity contribution in [3.8, 4) is 0 Å². The van der Waals surface area contributed by atoms with E-state index in [4.69, 9.17) is 18.0 Å². The third-order valence-corrected chi connectivity index (χ3v) is 3.66. The van der Waals surface area contributed by atoms with Crippen molar-refractivity contribution in [3.63, 3.8) is 0 Å². The molecular formula is C8H15B3O4S2. The minimum Gasteiger partial charge on any atom is -0.481 e. The number of aliphatic carboxylic acids is 2. The van der Waals surface area contributed by atoms with Crippen molar-refractivity contribution in [2.45, 2.75) is 26.1 Å². The predicted octanol–water partition coefficient (Wildman–Crippen LogP) is 1.15. The fraction of sp³-hybridized carbons (Fsp3) is 0.750. The fourth-order valence-electron chi connectivity index (χ4n) is 0.512. The highest BCUT2D eigenvalue weighted by molar-refractivity contribution is 8.76. The van der Waals surface area contributed by atoms with Gasteiger partial charge in [-0.25, -0.2) is 0 Å². The standard InChI is InChI=1S/C6H10O4S2.C2H5B3/c7-5(8)1-3-11-12-4-2-6(9)10;1-2-4-5-3/h1-4H2,(H,7,8)(H,9,10);2H2,1H3. The molecule has 0 aromatic rings. The van der Waals surface area contributed by atoms with Gasteiger partial charge in [0.25, 0.3) is 0 Å². The Hall–Kier alpha value is -0.165. The normalized spacial score (nSPS) is 8.76. The van der Waals surface area contributed by atoms with Crippen molar-refractivity contribution in [1.82, 2.24) is 0 Å². The maximum atomic E-state index is 10.0. The molecule has 0 aliphatic carbocycles. The summed E-state index contributed by atoms with van der Waals surface area (Å²) in [6.07, 6.45) is 1.30. The van der Waals surface area contributed by atoms with E-state index in [0.29, 0.717) is 11.5 Å². The first kappa shape index (κ1) is 19.2. The van der Waals surface area contributed by atoms with Crippen LogP contribution in [-0.4, -0.2) is 55.6 Å². The van der Waals surface area contributed by atoms with Gasteiger partial charge in [-0.15, -0.1) is 0 Å². The number of hydrogen-bond donors (Lipinski definition) is 2. The topological polar surface area (TPSA) is 74.6 Å². The van der Waals surface area contributed by atoms with Crippen LogP contribution in [-0.2, 0) is 9.59 Å². The molecule has 0 rings (SSSR count). The largest absolute Gasteiger partial charge is 0.481 e. The van der Waals surface area contributed by atoms with Crippen molar-refractivity contribution in [3.05, 3.63) is 0 Å². The van der Waals surface area contributed by atoms with E-state index in [1.807, 2.05) is 14.1 Å². The Labute approximate surface area is 113 Å². The molecule has 0 fully saturated rings. The van der Waals surface area contributed by atoms with Gasteiger partial charge in [0.2, 0.25) is 0 Å². The van der Waals surface area contributed by atoms with Gasteiger partial charge in [0.15, 0.2) is 0 Å². The Kier molecular flexibility index (Phi) is 17.9. The molecule has 0 aromatic carbocycles. The van der Waals surface area contributed by atoms with Crippen LogP contribution in [0.4, 0.5) is 0 Å². The highest BCUT2D eigenvalue weighted by Gasteiger charge is 1.99. The van der Waals surface area contributed by atoms with Gasteiger partial charge in [-0.1, -0.05) is 34.8 Å². The molecule has 0 aromatic heterocycles. The molecule has 0 bridgehead atoms. The highest BCUT2D eigenvalue weighted by Crippen LogP contribution is 2.22. The molecule has 0 unspecified atom stereocenters. The maximum Gasteiger partial charge on any atom is 0.304 e. The SMILES string of the molecule is O=C(O)CCSSCCC(=O)O.[B][B][B]CC. The number of rotatable bonds is 9. The smallest absolute Gasteiger partial charge is 0.304 e. The highest BCUT2D eigenvalue weighted by atomic mass is 33.1. The molecule has 0 aliphatic rings. The summed E-state index contributed by atoms with van der Waals surface area (Å²) in [7, 11) is 11.2. The molecular weight excluding hydrogens is 257 g/mol. The molecule has 2 N–H and O–H groups in total. The van der Waals surface area contributed by atoms with Crippen molar-refractivity contribution < 1.29 is 19.8 Å². The van der Waals surface area contributed by atoms with E-state index < -0.39 is 11.9 Å². The van der Waals surface area contributed by atoms with E-state index in [-0.39, 0.29) is 12.8 Å². The molecule has 4 nitrogen and oxygen atoms in total. The Balaban J connectivity index is 0. The molecule has 4 radical (unpaired) electrons. The van der Waals surface area contributed by atoms with Gasteiger partial charge in [0.1, 0.15) is 0 Å². The fourth-order valence-corrected chi connectivity index (χ4v) is 2.47. The van der Waals surface area contributed by atoms with Crippen LogP contribution in [0.25, 0.3) is 0 Å². The molecule has 0 saturated carbocycles. The van der Waals surface area contributed by atoms with Crippen LogP contribution in [0.5, 0.6) is 0 Å². The van der Waals surface area contributed by atoms with Crippen molar-refractivity contribution >= 4 is 55.5 Å². The molecule has 0 spiro atoms. The third-order valence-electron chi connectivity index (χ3n) is 1.25. The Morgan fingerprint density at radius 1 is 1.12 bits per heavy atom.